The fraction of sp³-hybridized carbons (Fsp3) is 0.429. The molecule has 1 aromatic carbocycles. The largest absolute Gasteiger partial charge is 0.493 e. The highest BCUT2D eigenvalue weighted by Gasteiger charge is 2.20. The smallest absolute Gasteiger partial charge is 0.218 e. The minimum atomic E-state index is -0.462. The fourth-order valence-corrected chi connectivity index (χ4v) is 1.94. The quantitative estimate of drug-likeness (QED) is 0.741. The third-order valence-corrected chi connectivity index (χ3v) is 2.72. The van der Waals surface area contributed by atoms with Gasteiger partial charge in [-0.3, -0.25) is 9.59 Å². The second-order valence-corrected chi connectivity index (χ2v) is 4.42. The lowest BCUT2D eigenvalue weighted by molar-refractivity contribution is -0.119. The monoisotopic (exact) mass is 264 g/mol. The van der Waals surface area contributed by atoms with Crippen LogP contribution in [0.5, 0.6) is 5.75 Å². The van der Waals surface area contributed by atoms with Crippen LogP contribution >= 0.6 is 0 Å². The van der Waals surface area contributed by atoms with Crippen LogP contribution in [0.15, 0.2) is 24.3 Å². The van der Waals surface area contributed by atoms with Crippen molar-refractivity contribution >= 4 is 11.8 Å². The molecule has 1 aromatic rings. The van der Waals surface area contributed by atoms with Crippen LogP contribution in [0.1, 0.15) is 37.7 Å². The summed E-state index contributed by atoms with van der Waals surface area (Å²) in [5.41, 5.74) is 11.2. The molecular weight excluding hydrogens is 244 g/mol. The van der Waals surface area contributed by atoms with Gasteiger partial charge in [0.05, 0.1) is 6.61 Å². The highest BCUT2D eigenvalue weighted by Crippen LogP contribution is 2.31. The average molecular weight is 264 g/mol. The van der Waals surface area contributed by atoms with Crippen LogP contribution in [0.3, 0.4) is 0 Å². The minimum absolute atomic E-state index is 0.0788. The Morgan fingerprint density at radius 1 is 1.16 bits per heavy atom. The number of benzene rings is 1. The molecule has 4 N–H and O–H groups in total. The summed E-state index contributed by atoms with van der Waals surface area (Å²) in [6, 6.07) is 7.34. The summed E-state index contributed by atoms with van der Waals surface area (Å²) in [6.07, 6.45) is 1.04. The molecule has 0 aliphatic carbocycles. The molecule has 0 heterocycles. The number of carbonyl (C=O) groups is 2. The molecule has 0 saturated heterocycles. The van der Waals surface area contributed by atoms with Crippen LogP contribution in [0.2, 0.25) is 0 Å². The van der Waals surface area contributed by atoms with Crippen molar-refractivity contribution in [3.8, 4) is 5.75 Å². The van der Waals surface area contributed by atoms with E-state index >= 15 is 0 Å². The van der Waals surface area contributed by atoms with Crippen LogP contribution in [0.4, 0.5) is 0 Å². The molecule has 0 radical (unpaired) electrons. The van der Waals surface area contributed by atoms with Gasteiger partial charge in [-0.25, -0.2) is 0 Å². The molecule has 19 heavy (non-hydrogen) atoms. The molecule has 0 fully saturated rings. The number of hydrogen-bond acceptors (Lipinski definition) is 3. The van der Waals surface area contributed by atoms with Gasteiger partial charge in [-0.2, -0.15) is 0 Å². The van der Waals surface area contributed by atoms with E-state index in [0.29, 0.717) is 12.4 Å². The van der Waals surface area contributed by atoms with Gasteiger partial charge in [0.25, 0.3) is 0 Å². The van der Waals surface area contributed by atoms with Crippen molar-refractivity contribution in [2.24, 2.45) is 11.5 Å². The number of amides is 2. The molecule has 1 rings (SSSR count). The van der Waals surface area contributed by atoms with E-state index in [4.69, 9.17) is 16.2 Å². The number of rotatable bonds is 8. The van der Waals surface area contributed by atoms with Crippen LogP contribution in [-0.2, 0) is 9.59 Å². The molecule has 0 saturated carbocycles. The number of carbonyl (C=O) groups excluding carboxylic acids is 2. The molecule has 2 amide bonds. The Bertz CT molecular complexity index is 430. The van der Waals surface area contributed by atoms with Gasteiger partial charge in [0.1, 0.15) is 5.75 Å². The zero-order chi connectivity index (χ0) is 14.3. The number of para-hydroxylation sites is 1. The van der Waals surface area contributed by atoms with E-state index in [-0.39, 0.29) is 18.8 Å². The van der Waals surface area contributed by atoms with Crippen LogP contribution in [0.25, 0.3) is 0 Å². The second kappa shape index (κ2) is 7.41. The van der Waals surface area contributed by atoms with E-state index in [2.05, 4.69) is 0 Å². The van der Waals surface area contributed by atoms with Gasteiger partial charge in [-0.05, 0) is 18.1 Å². The van der Waals surface area contributed by atoms with Gasteiger partial charge in [0, 0.05) is 18.8 Å². The topological polar surface area (TPSA) is 95.4 Å². The molecular formula is C14H20N2O3. The Morgan fingerprint density at radius 2 is 1.74 bits per heavy atom. The summed E-state index contributed by atoms with van der Waals surface area (Å²) in [5, 5.41) is 0. The molecule has 5 heteroatoms. The zero-order valence-electron chi connectivity index (χ0n) is 11.1. The third-order valence-electron chi connectivity index (χ3n) is 2.72. The summed E-state index contributed by atoms with van der Waals surface area (Å²) < 4.78 is 5.63. The molecule has 5 nitrogen and oxygen atoms in total. The van der Waals surface area contributed by atoms with Crippen LogP contribution in [-0.4, -0.2) is 18.4 Å². The summed E-state index contributed by atoms with van der Waals surface area (Å²) in [5.74, 6) is -0.576. The first-order chi connectivity index (χ1) is 9.04. The lowest BCUT2D eigenvalue weighted by Crippen LogP contribution is -2.21. The first-order valence-corrected chi connectivity index (χ1v) is 6.33. The van der Waals surface area contributed by atoms with Crippen molar-refractivity contribution < 1.29 is 14.3 Å². The van der Waals surface area contributed by atoms with Gasteiger partial charge in [0.15, 0.2) is 0 Å². The molecule has 0 atom stereocenters. The molecule has 0 aromatic heterocycles. The molecule has 0 aliphatic heterocycles. The maximum Gasteiger partial charge on any atom is 0.218 e. The lowest BCUT2D eigenvalue weighted by Gasteiger charge is -2.18. The van der Waals surface area contributed by atoms with E-state index in [1.54, 1.807) is 0 Å². The average Bonchev–Trinajstić information content (AvgIpc) is 2.35. The highest BCUT2D eigenvalue weighted by molar-refractivity contribution is 5.79. The van der Waals surface area contributed by atoms with Crippen LogP contribution < -0.4 is 16.2 Å². The molecule has 0 unspecified atom stereocenters. The van der Waals surface area contributed by atoms with Crippen molar-refractivity contribution in [1.29, 1.82) is 0 Å². The van der Waals surface area contributed by atoms with Gasteiger partial charge in [-0.1, -0.05) is 25.1 Å². The van der Waals surface area contributed by atoms with Crippen molar-refractivity contribution in [3.05, 3.63) is 29.8 Å². The SMILES string of the molecule is CCCOc1ccccc1C(CC(N)=O)CC(N)=O. The standard InChI is InChI=1S/C14H20N2O3/c1-2-7-19-12-6-4-3-5-11(12)10(8-13(15)17)9-14(16)18/h3-6,10H,2,7-9H2,1H3,(H2,15,17)(H2,16,18). The maximum atomic E-state index is 11.1. The second-order valence-electron chi connectivity index (χ2n) is 4.42. The Labute approximate surface area is 112 Å². The fourth-order valence-electron chi connectivity index (χ4n) is 1.94. The number of nitrogens with two attached hydrogens (primary N) is 2. The summed E-state index contributed by atoms with van der Waals surface area (Å²) in [6.45, 7) is 2.59. The highest BCUT2D eigenvalue weighted by atomic mass is 16.5. The predicted octanol–water partition coefficient (Wildman–Crippen LogP) is 1.31. The Kier molecular flexibility index (Phi) is 5.85. The number of hydrogen-bond donors (Lipinski definition) is 2. The lowest BCUT2D eigenvalue weighted by atomic mass is 9.91. The van der Waals surface area contributed by atoms with Crippen molar-refractivity contribution in [2.75, 3.05) is 6.61 Å². The van der Waals surface area contributed by atoms with Gasteiger partial charge in [-0.15, -0.1) is 0 Å². The Morgan fingerprint density at radius 3 is 2.26 bits per heavy atom. The van der Waals surface area contributed by atoms with Crippen LogP contribution in [0, 0.1) is 0 Å². The summed E-state index contributed by atoms with van der Waals surface area (Å²) >= 11 is 0. The molecule has 0 spiro atoms. The van der Waals surface area contributed by atoms with Crippen molar-refractivity contribution in [1.82, 2.24) is 0 Å². The van der Waals surface area contributed by atoms with Gasteiger partial charge >= 0.3 is 0 Å². The zero-order valence-corrected chi connectivity index (χ0v) is 11.1. The van der Waals surface area contributed by atoms with E-state index in [1.807, 2.05) is 31.2 Å². The van der Waals surface area contributed by atoms with Crippen molar-refractivity contribution in [3.63, 3.8) is 0 Å². The summed E-state index contributed by atoms with van der Waals surface area (Å²) in [7, 11) is 0. The van der Waals surface area contributed by atoms with E-state index in [1.165, 1.54) is 0 Å². The number of primary amides is 2. The Balaban J connectivity index is 2.98. The van der Waals surface area contributed by atoms with Gasteiger partial charge in [0.2, 0.25) is 11.8 Å². The first-order valence-electron chi connectivity index (χ1n) is 6.33. The minimum Gasteiger partial charge on any atom is -0.493 e. The van der Waals surface area contributed by atoms with E-state index in [0.717, 1.165) is 12.0 Å². The first kappa shape index (κ1) is 15.0. The number of ether oxygens (including phenoxy) is 1. The molecule has 0 bridgehead atoms. The van der Waals surface area contributed by atoms with Gasteiger partial charge < -0.3 is 16.2 Å². The normalized spacial score (nSPS) is 10.4. The summed E-state index contributed by atoms with van der Waals surface area (Å²) in [4.78, 5) is 22.2. The third kappa shape index (κ3) is 4.99. The molecule has 0 aliphatic rings. The van der Waals surface area contributed by atoms with E-state index in [9.17, 15) is 9.59 Å². The maximum absolute atomic E-state index is 11.1. The molecule has 104 valence electrons. The van der Waals surface area contributed by atoms with E-state index < -0.39 is 11.8 Å². The Hall–Kier alpha value is -2.04. The van der Waals surface area contributed by atoms with Crippen molar-refractivity contribution in [2.45, 2.75) is 32.1 Å². The predicted molar refractivity (Wildman–Crippen MR) is 72.6 cm³/mol.